The maximum Gasteiger partial charge on any atom is 0.161 e. The number of pyridine rings is 1. The van der Waals surface area contributed by atoms with Crippen LogP contribution in [0.5, 0.6) is 11.5 Å². The lowest BCUT2D eigenvalue weighted by molar-refractivity contribution is 0.0617. The van der Waals surface area contributed by atoms with Gasteiger partial charge in [0, 0.05) is 22.8 Å². The molecular formula is C15H16BrN3O2. The Morgan fingerprint density at radius 2 is 2.10 bits per heavy atom. The van der Waals surface area contributed by atoms with Gasteiger partial charge in [0.05, 0.1) is 6.04 Å². The van der Waals surface area contributed by atoms with Crippen molar-refractivity contribution in [2.75, 3.05) is 6.61 Å². The average Bonchev–Trinajstić information content (AvgIpc) is 2.54. The molecule has 2 atom stereocenters. The first kappa shape index (κ1) is 14.3. The number of para-hydroxylation sites is 2. The number of hydrogen-bond acceptors (Lipinski definition) is 5. The quantitative estimate of drug-likeness (QED) is 0.653. The molecule has 0 aliphatic carbocycles. The molecule has 21 heavy (non-hydrogen) atoms. The minimum Gasteiger partial charge on any atom is -0.486 e. The summed E-state index contributed by atoms with van der Waals surface area (Å²) in [5.41, 5.74) is 3.76. The summed E-state index contributed by atoms with van der Waals surface area (Å²) in [6, 6.07) is 11.5. The van der Waals surface area contributed by atoms with Crippen LogP contribution in [0.25, 0.3) is 0 Å². The second-order valence-electron chi connectivity index (χ2n) is 4.86. The fraction of sp³-hybridized carbons (Fsp3) is 0.267. The Balaban J connectivity index is 1.71. The molecule has 110 valence electrons. The van der Waals surface area contributed by atoms with E-state index in [-0.39, 0.29) is 12.1 Å². The second-order valence-corrected chi connectivity index (χ2v) is 5.77. The smallest absolute Gasteiger partial charge is 0.161 e. The highest BCUT2D eigenvalue weighted by Gasteiger charge is 2.28. The van der Waals surface area contributed by atoms with Crippen LogP contribution < -0.4 is 20.7 Å². The highest BCUT2D eigenvalue weighted by molar-refractivity contribution is 9.10. The summed E-state index contributed by atoms with van der Waals surface area (Å²) in [5, 5.41) is 0. The molecule has 6 heteroatoms. The largest absolute Gasteiger partial charge is 0.486 e. The van der Waals surface area contributed by atoms with Crippen LogP contribution in [-0.4, -0.2) is 23.7 Å². The van der Waals surface area contributed by atoms with Gasteiger partial charge in [-0.15, -0.1) is 0 Å². The van der Waals surface area contributed by atoms with Gasteiger partial charge < -0.3 is 9.47 Å². The highest BCUT2D eigenvalue weighted by atomic mass is 79.9. The Hall–Kier alpha value is -1.63. The van der Waals surface area contributed by atoms with Crippen LogP contribution >= 0.6 is 15.9 Å². The van der Waals surface area contributed by atoms with Crippen molar-refractivity contribution < 1.29 is 9.47 Å². The molecule has 1 aromatic heterocycles. The number of ether oxygens (including phenoxy) is 2. The molecule has 2 heterocycles. The molecule has 1 aliphatic heterocycles. The van der Waals surface area contributed by atoms with Crippen molar-refractivity contribution in [3.63, 3.8) is 0 Å². The van der Waals surface area contributed by atoms with Crippen molar-refractivity contribution in [2.24, 2.45) is 5.84 Å². The van der Waals surface area contributed by atoms with Gasteiger partial charge in [0.1, 0.15) is 12.7 Å². The molecule has 2 unspecified atom stereocenters. The van der Waals surface area contributed by atoms with Crippen LogP contribution in [0.2, 0.25) is 0 Å². The Bertz CT molecular complexity index is 606. The van der Waals surface area contributed by atoms with Gasteiger partial charge in [0.25, 0.3) is 0 Å². The normalized spacial score (nSPS) is 18.3. The van der Waals surface area contributed by atoms with E-state index in [9.17, 15) is 0 Å². The number of hydrazine groups is 1. The summed E-state index contributed by atoms with van der Waals surface area (Å²) in [7, 11) is 0. The lowest BCUT2D eigenvalue weighted by Crippen LogP contribution is -2.51. The number of nitrogens with one attached hydrogen (secondary N) is 1. The standard InChI is InChI=1S/C15H16BrN3O2/c16-10-5-6-11(18-8-10)7-12(19-17)15-9-20-13-3-1-2-4-14(13)21-15/h1-6,8,12,15,19H,7,9,17H2. The van der Waals surface area contributed by atoms with Crippen LogP contribution in [0.1, 0.15) is 5.69 Å². The number of halogens is 1. The minimum absolute atomic E-state index is 0.0768. The van der Waals surface area contributed by atoms with E-state index >= 15 is 0 Å². The van der Waals surface area contributed by atoms with Gasteiger partial charge in [-0.1, -0.05) is 12.1 Å². The predicted octanol–water partition coefficient (Wildman–Crippen LogP) is 2.06. The van der Waals surface area contributed by atoms with E-state index in [1.807, 2.05) is 36.4 Å². The van der Waals surface area contributed by atoms with Crippen molar-refractivity contribution >= 4 is 15.9 Å². The van der Waals surface area contributed by atoms with Crippen LogP contribution in [0.15, 0.2) is 47.1 Å². The van der Waals surface area contributed by atoms with Gasteiger partial charge in [-0.3, -0.25) is 16.3 Å². The first-order valence-electron chi connectivity index (χ1n) is 6.71. The summed E-state index contributed by atoms with van der Waals surface area (Å²) < 4.78 is 12.7. The molecule has 3 rings (SSSR count). The third-order valence-electron chi connectivity index (χ3n) is 3.41. The molecule has 3 N–H and O–H groups in total. The Morgan fingerprint density at radius 3 is 2.81 bits per heavy atom. The predicted molar refractivity (Wildman–Crippen MR) is 83.1 cm³/mol. The Morgan fingerprint density at radius 1 is 1.29 bits per heavy atom. The number of benzene rings is 1. The molecule has 0 amide bonds. The zero-order valence-electron chi connectivity index (χ0n) is 11.3. The highest BCUT2D eigenvalue weighted by Crippen LogP contribution is 2.31. The molecule has 0 radical (unpaired) electrons. The van der Waals surface area contributed by atoms with Crippen LogP contribution in [-0.2, 0) is 6.42 Å². The summed E-state index contributed by atoms with van der Waals surface area (Å²) >= 11 is 3.38. The third-order valence-corrected chi connectivity index (χ3v) is 3.88. The van der Waals surface area contributed by atoms with Crippen LogP contribution in [0, 0.1) is 0 Å². The minimum atomic E-state index is -0.157. The fourth-order valence-electron chi connectivity index (χ4n) is 2.28. The lowest BCUT2D eigenvalue weighted by atomic mass is 10.1. The van der Waals surface area contributed by atoms with Crippen molar-refractivity contribution in [3.8, 4) is 11.5 Å². The van der Waals surface area contributed by atoms with Gasteiger partial charge in [0.15, 0.2) is 11.5 Å². The van der Waals surface area contributed by atoms with Crippen molar-refractivity contribution in [3.05, 3.63) is 52.8 Å². The van der Waals surface area contributed by atoms with Gasteiger partial charge in [-0.25, -0.2) is 0 Å². The molecule has 0 fully saturated rings. The molecular weight excluding hydrogens is 334 g/mol. The number of nitrogens with zero attached hydrogens (tertiary/aromatic N) is 1. The Kier molecular flexibility index (Phi) is 4.38. The molecule has 0 saturated heterocycles. The maximum absolute atomic E-state index is 5.98. The zero-order valence-corrected chi connectivity index (χ0v) is 12.9. The summed E-state index contributed by atoms with van der Waals surface area (Å²) in [6.07, 6.45) is 2.28. The van der Waals surface area contributed by atoms with Crippen molar-refractivity contribution in [1.82, 2.24) is 10.4 Å². The number of nitrogens with two attached hydrogens (primary N) is 1. The summed E-state index contributed by atoms with van der Waals surface area (Å²) in [5.74, 6) is 7.20. The number of hydrogen-bond donors (Lipinski definition) is 2. The van der Waals surface area contributed by atoms with Gasteiger partial charge in [-0.05, 0) is 40.2 Å². The SMILES string of the molecule is NNC(Cc1ccc(Br)cn1)C1COc2ccccc2O1. The van der Waals surface area contributed by atoms with E-state index in [0.717, 1.165) is 21.7 Å². The van der Waals surface area contributed by atoms with E-state index in [0.29, 0.717) is 13.0 Å². The molecule has 0 spiro atoms. The molecule has 5 nitrogen and oxygen atoms in total. The Labute approximate surface area is 131 Å². The summed E-state index contributed by atoms with van der Waals surface area (Å²) in [6.45, 7) is 0.461. The molecule has 1 aromatic carbocycles. The van der Waals surface area contributed by atoms with Crippen molar-refractivity contribution in [2.45, 2.75) is 18.6 Å². The van der Waals surface area contributed by atoms with E-state index < -0.39 is 0 Å². The van der Waals surface area contributed by atoms with Gasteiger partial charge >= 0.3 is 0 Å². The van der Waals surface area contributed by atoms with Gasteiger partial charge in [-0.2, -0.15) is 0 Å². The van der Waals surface area contributed by atoms with Crippen LogP contribution in [0.4, 0.5) is 0 Å². The van der Waals surface area contributed by atoms with Gasteiger partial charge in [0.2, 0.25) is 0 Å². The molecule has 0 saturated carbocycles. The first-order chi connectivity index (χ1) is 10.3. The van der Waals surface area contributed by atoms with E-state index in [4.69, 9.17) is 15.3 Å². The molecule has 1 aliphatic rings. The first-order valence-corrected chi connectivity index (χ1v) is 7.50. The maximum atomic E-state index is 5.98. The van der Waals surface area contributed by atoms with E-state index in [1.165, 1.54) is 0 Å². The molecule has 0 bridgehead atoms. The average molecular weight is 350 g/mol. The number of aromatic nitrogens is 1. The number of fused-ring (bicyclic) bond motifs is 1. The summed E-state index contributed by atoms with van der Waals surface area (Å²) in [4.78, 5) is 4.37. The zero-order chi connectivity index (χ0) is 14.7. The van der Waals surface area contributed by atoms with E-state index in [1.54, 1.807) is 6.20 Å². The monoisotopic (exact) mass is 349 g/mol. The number of rotatable bonds is 4. The third kappa shape index (κ3) is 3.34. The topological polar surface area (TPSA) is 69.4 Å². The second kappa shape index (κ2) is 6.43. The van der Waals surface area contributed by atoms with Crippen molar-refractivity contribution in [1.29, 1.82) is 0 Å². The fourth-order valence-corrected chi connectivity index (χ4v) is 2.52. The lowest BCUT2D eigenvalue weighted by Gasteiger charge is -2.31. The van der Waals surface area contributed by atoms with E-state index in [2.05, 4.69) is 26.3 Å². The molecule has 2 aromatic rings. The van der Waals surface area contributed by atoms with Crippen LogP contribution in [0.3, 0.4) is 0 Å².